The molecule has 7 heteroatoms. The van der Waals surface area contributed by atoms with E-state index in [1.54, 1.807) is 31.3 Å². The number of aromatic carboxylic acids is 1. The second kappa shape index (κ2) is 5.70. The van der Waals surface area contributed by atoms with Crippen molar-refractivity contribution in [2.24, 2.45) is 0 Å². The van der Waals surface area contributed by atoms with Crippen LogP contribution >= 0.6 is 11.8 Å². The van der Waals surface area contributed by atoms with Gasteiger partial charge in [0, 0.05) is 22.7 Å². The predicted molar refractivity (Wildman–Crippen MR) is 73.2 cm³/mol. The van der Waals surface area contributed by atoms with Gasteiger partial charge in [0.25, 0.3) is 5.69 Å². The highest BCUT2D eigenvalue weighted by molar-refractivity contribution is 7.99. The largest absolute Gasteiger partial charge is 0.478 e. The van der Waals surface area contributed by atoms with E-state index in [0.29, 0.717) is 15.5 Å². The second-order valence-electron chi connectivity index (χ2n) is 3.95. The zero-order chi connectivity index (χ0) is 14.7. The maximum absolute atomic E-state index is 11.0. The number of nitro benzene ring substituents is 1. The van der Waals surface area contributed by atoms with Crippen molar-refractivity contribution in [1.29, 1.82) is 0 Å². The van der Waals surface area contributed by atoms with E-state index in [-0.39, 0.29) is 11.3 Å². The average molecular weight is 290 g/mol. The van der Waals surface area contributed by atoms with Crippen LogP contribution in [0.3, 0.4) is 0 Å². The number of hydrogen-bond acceptors (Lipinski definition) is 5. The lowest BCUT2D eigenvalue weighted by atomic mass is 10.1. The van der Waals surface area contributed by atoms with Crippen LogP contribution in [-0.4, -0.2) is 21.0 Å². The molecule has 0 unspecified atom stereocenters. The highest BCUT2D eigenvalue weighted by atomic mass is 32.2. The lowest BCUT2D eigenvalue weighted by Crippen LogP contribution is -2.01. The van der Waals surface area contributed by atoms with E-state index in [9.17, 15) is 14.9 Å². The summed E-state index contributed by atoms with van der Waals surface area (Å²) in [6.45, 7) is 1.59. The number of rotatable bonds is 4. The highest BCUT2D eigenvalue weighted by Crippen LogP contribution is 2.34. The van der Waals surface area contributed by atoms with Gasteiger partial charge in [0.15, 0.2) is 0 Å². The molecule has 0 amide bonds. The molecule has 0 bridgehead atoms. The number of aromatic nitrogens is 1. The first kappa shape index (κ1) is 14.0. The molecule has 0 aliphatic rings. The number of carbonyl (C=O) groups is 1. The highest BCUT2D eigenvalue weighted by Gasteiger charge is 2.19. The fourth-order valence-corrected chi connectivity index (χ4v) is 2.54. The van der Waals surface area contributed by atoms with Crippen molar-refractivity contribution in [1.82, 2.24) is 4.98 Å². The Morgan fingerprint density at radius 1 is 1.40 bits per heavy atom. The summed E-state index contributed by atoms with van der Waals surface area (Å²) in [7, 11) is 0. The van der Waals surface area contributed by atoms with Gasteiger partial charge >= 0.3 is 5.97 Å². The molecule has 2 aromatic rings. The topological polar surface area (TPSA) is 93.3 Å². The normalized spacial score (nSPS) is 10.2. The molecule has 1 aromatic carbocycles. The molecule has 102 valence electrons. The van der Waals surface area contributed by atoms with E-state index in [2.05, 4.69) is 4.98 Å². The van der Waals surface area contributed by atoms with Crippen molar-refractivity contribution < 1.29 is 14.8 Å². The lowest BCUT2D eigenvalue weighted by Gasteiger charge is -2.07. The Kier molecular flexibility index (Phi) is 3.99. The van der Waals surface area contributed by atoms with Crippen LogP contribution in [0.2, 0.25) is 0 Å². The van der Waals surface area contributed by atoms with Crippen LogP contribution in [0.25, 0.3) is 0 Å². The van der Waals surface area contributed by atoms with Gasteiger partial charge in [-0.25, -0.2) is 9.78 Å². The van der Waals surface area contributed by atoms with E-state index >= 15 is 0 Å². The van der Waals surface area contributed by atoms with Gasteiger partial charge in [-0.2, -0.15) is 0 Å². The summed E-state index contributed by atoms with van der Waals surface area (Å²) < 4.78 is 0. The molecular formula is C13H10N2O4S. The Balaban J connectivity index is 2.51. The molecular weight excluding hydrogens is 280 g/mol. The van der Waals surface area contributed by atoms with Crippen LogP contribution in [-0.2, 0) is 0 Å². The van der Waals surface area contributed by atoms with Crippen molar-refractivity contribution in [2.45, 2.75) is 16.8 Å². The smallest absolute Gasteiger partial charge is 0.335 e. The summed E-state index contributed by atoms with van der Waals surface area (Å²) in [5.74, 6) is -1.20. The molecule has 1 heterocycles. The zero-order valence-corrected chi connectivity index (χ0v) is 11.3. The van der Waals surface area contributed by atoms with Crippen LogP contribution < -0.4 is 0 Å². The minimum Gasteiger partial charge on any atom is -0.478 e. The Labute approximate surface area is 118 Å². The van der Waals surface area contributed by atoms with E-state index in [1.807, 2.05) is 0 Å². The number of pyridine rings is 1. The standard InChI is InChI=1S/C13H10N2O4S/c1-8-10(15(18)19)6-9(13(16)17)7-11(8)20-12-4-2-3-5-14-12/h2-7H,1H3,(H,16,17). The SMILES string of the molecule is Cc1c(Sc2ccccn2)cc(C(=O)O)cc1[N+](=O)[O-]. The van der Waals surface area contributed by atoms with Crippen molar-refractivity contribution in [3.8, 4) is 0 Å². The maximum atomic E-state index is 11.0. The summed E-state index contributed by atoms with van der Waals surface area (Å²) in [5.41, 5.74) is 0.111. The third-order valence-electron chi connectivity index (χ3n) is 2.63. The molecule has 1 N–H and O–H groups in total. The quantitative estimate of drug-likeness (QED) is 0.686. The first-order valence-corrected chi connectivity index (χ1v) is 6.42. The molecule has 0 aliphatic heterocycles. The molecule has 0 radical (unpaired) electrons. The average Bonchev–Trinajstić information content (AvgIpc) is 2.41. The van der Waals surface area contributed by atoms with Gasteiger partial charge in [0.2, 0.25) is 0 Å². The molecule has 0 aliphatic carbocycles. The molecule has 0 saturated heterocycles. The second-order valence-corrected chi connectivity index (χ2v) is 5.01. The van der Waals surface area contributed by atoms with Crippen molar-refractivity contribution in [3.05, 3.63) is 57.8 Å². The lowest BCUT2D eigenvalue weighted by molar-refractivity contribution is -0.385. The number of carboxylic acid groups (broad SMARTS) is 1. The maximum Gasteiger partial charge on any atom is 0.335 e. The van der Waals surface area contributed by atoms with Crippen LogP contribution in [0.5, 0.6) is 0 Å². The minimum atomic E-state index is -1.20. The zero-order valence-electron chi connectivity index (χ0n) is 10.4. The molecule has 0 spiro atoms. The Hall–Kier alpha value is -2.41. The predicted octanol–water partition coefficient (Wildman–Crippen LogP) is 3.15. The summed E-state index contributed by atoms with van der Waals surface area (Å²) in [6, 6.07) is 7.79. The Morgan fingerprint density at radius 2 is 2.15 bits per heavy atom. The van der Waals surface area contributed by atoms with Gasteiger partial charge in [0.1, 0.15) is 5.03 Å². The van der Waals surface area contributed by atoms with Gasteiger partial charge < -0.3 is 5.11 Å². The van der Waals surface area contributed by atoms with Crippen LogP contribution in [0, 0.1) is 17.0 Å². The van der Waals surface area contributed by atoms with Gasteiger partial charge in [-0.05, 0) is 25.1 Å². The van der Waals surface area contributed by atoms with Crippen LogP contribution in [0.1, 0.15) is 15.9 Å². The van der Waals surface area contributed by atoms with Gasteiger partial charge in [0.05, 0.1) is 10.5 Å². The van der Waals surface area contributed by atoms with E-state index < -0.39 is 10.9 Å². The first-order chi connectivity index (χ1) is 9.49. The number of nitrogens with zero attached hydrogens (tertiary/aromatic N) is 2. The molecule has 0 saturated carbocycles. The molecule has 1 aromatic heterocycles. The summed E-state index contributed by atoms with van der Waals surface area (Å²) in [5, 5.41) is 20.7. The van der Waals surface area contributed by atoms with E-state index in [4.69, 9.17) is 5.11 Å². The molecule has 6 nitrogen and oxygen atoms in total. The van der Waals surface area contributed by atoms with Gasteiger partial charge in [-0.1, -0.05) is 17.8 Å². The third kappa shape index (κ3) is 2.94. The Bertz CT molecular complexity index is 674. The van der Waals surface area contributed by atoms with Crippen LogP contribution in [0.4, 0.5) is 5.69 Å². The molecule has 20 heavy (non-hydrogen) atoms. The summed E-state index contributed by atoms with van der Waals surface area (Å²) in [6.07, 6.45) is 1.60. The number of nitro groups is 1. The molecule has 0 fully saturated rings. The first-order valence-electron chi connectivity index (χ1n) is 5.60. The Morgan fingerprint density at radius 3 is 2.70 bits per heavy atom. The van der Waals surface area contributed by atoms with Gasteiger partial charge in [-0.15, -0.1) is 0 Å². The van der Waals surface area contributed by atoms with Gasteiger partial charge in [-0.3, -0.25) is 10.1 Å². The van der Waals surface area contributed by atoms with Crippen molar-refractivity contribution in [2.75, 3.05) is 0 Å². The van der Waals surface area contributed by atoms with Crippen LogP contribution in [0.15, 0.2) is 46.5 Å². The van der Waals surface area contributed by atoms with E-state index in [1.165, 1.54) is 17.8 Å². The number of carboxylic acids is 1. The fraction of sp³-hybridized carbons (Fsp3) is 0.0769. The number of hydrogen-bond donors (Lipinski definition) is 1. The van der Waals surface area contributed by atoms with Crippen molar-refractivity contribution >= 4 is 23.4 Å². The molecule has 0 atom stereocenters. The summed E-state index contributed by atoms with van der Waals surface area (Å²) in [4.78, 5) is 26.1. The minimum absolute atomic E-state index is 0.110. The summed E-state index contributed by atoms with van der Waals surface area (Å²) >= 11 is 1.20. The number of benzene rings is 1. The van der Waals surface area contributed by atoms with E-state index in [0.717, 1.165) is 6.07 Å². The monoisotopic (exact) mass is 290 g/mol. The molecule has 2 rings (SSSR count). The fourth-order valence-electron chi connectivity index (χ4n) is 1.61. The van der Waals surface area contributed by atoms with Crippen molar-refractivity contribution in [3.63, 3.8) is 0 Å². The third-order valence-corrected chi connectivity index (χ3v) is 3.72.